The van der Waals surface area contributed by atoms with Crippen molar-refractivity contribution in [2.24, 2.45) is 11.5 Å². The monoisotopic (exact) mass is 559 g/mol. The highest BCUT2D eigenvalue weighted by Gasteiger charge is 2.40. The van der Waals surface area contributed by atoms with Gasteiger partial charge in [0.1, 0.15) is 17.2 Å². The van der Waals surface area contributed by atoms with E-state index in [0.29, 0.717) is 66.3 Å². The summed E-state index contributed by atoms with van der Waals surface area (Å²) < 4.78 is 36.9. The second kappa shape index (κ2) is 10.0. The van der Waals surface area contributed by atoms with Crippen molar-refractivity contribution in [2.45, 2.75) is 62.8 Å². The number of anilines is 1. The Morgan fingerprint density at radius 1 is 1.13 bits per heavy atom. The van der Waals surface area contributed by atoms with Gasteiger partial charge >= 0.3 is 6.09 Å². The SMILES string of the molecule is Cc1ccc2c(n1)[SH]([C@H]1CCc3c(F)c(N4CCN(C(=O)OC(C)(C)C)CC4)cc(F)c3C1)C(C(N)=O)=C2N. The van der Waals surface area contributed by atoms with E-state index in [2.05, 4.69) is 0 Å². The number of hydrogen-bond donors (Lipinski definition) is 3. The number of aryl methyl sites for hydroxylation is 1. The normalized spacial score (nSPS) is 22.0. The van der Waals surface area contributed by atoms with E-state index >= 15 is 8.78 Å². The first-order chi connectivity index (χ1) is 18.4. The van der Waals surface area contributed by atoms with Gasteiger partial charge in [-0.15, -0.1) is 0 Å². The number of piperazine rings is 1. The van der Waals surface area contributed by atoms with Gasteiger partial charge in [-0.05, 0) is 70.2 Å². The third-order valence-electron chi connectivity index (χ3n) is 7.47. The summed E-state index contributed by atoms with van der Waals surface area (Å²) in [5.74, 6) is -1.48. The van der Waals surface area contributed by atoms with Crippen molar-refractivity contribution >= 4 is 34.3 Å². The maximum absolute atomic E-state index is 15.8. The van der Waals surface area contributed by atoms with Crippen molar-refractivity contribution in [3.63, 3.8) is 0 Å². The number of pyridine rings is 1. The van der Waals surface area contributed by atoms with Crippen LogP contribution in [0.3, 0.4) is 0 Å². The Balaban J connectivity index is 1.38. The molecule has 1 fully saturated rings. The van der Waals surface area contributed by atoms with Crippen molar-refractivity contribution < 1.29 is 23.1 Å². The van der Waals surface area contributed by atoms with Gasteiger partial charge in [-0.25, -0.2) is 18.6 Å². The molecule has 3 heterocycles. The third-order valence-corrected chi connectivity index (χ3v) is 10.4. The summed E-state index contributed by atoms with van der Waals surface area (Å²) >= 11 is 0. The lowest BCUT2D eigenvalue weighted by molar-refractivity contribution is -0.113. The van der Waals surface area contributed by atoms with Gasteiger partial charge in [0, 0.05) is 48.8 Å². The van der Waals surface area contributed by atoms with Crippen LogP contribution in [0.4, 0.5) is 19.3 Å². The summed E-state index contributed by atoms with van der Waals surface area (Å²) in [6, 6.07) is 4.95. The highest BCUT2D eigenvalue weighted by Crippen LogP contribution is 2.58. The van der Waals surface area contributed by atoms with Gasteiger partial charge in [-0.3, -0.25) is 4.79 Å². The molecule has 1 unspecified atom stereocenters. The molecule has 2 amide bonds. The molecule has 39 heavy (non-hydrogen) atoms. The molecule has 0 spiro atoms. The Morgan fingerprint density at radius 2 is 1.82 bits per heavy atom. The second-order valence-corrected chi connectivity index (χ2v) is 13.7. The predicted molar refractivity (Wildman–Crippen MR) is 149 cm³/mol. The zero-order valence-corrected chi connectivity index (χ0v) is 23.6. The van der Waals surface area contributed by atoms with Crippen LogP contribution in [0.1, 0.15) is 49.6 Å². The van der Waals surface area contributed by atoms with Crippen LogP contribution in [-0.4, -0.2) is 58.9 Å². The van der Waals surface area contributed by atoms with Gasteiger partial charge in [-0.1, -0.05) is 0 Å². The molecule has 0 radical (unpaired) electrons. The van der Waals surface area contributed by atoms with Gasteiger partial charge in [0.2, 0.25) is 0 Å². The summed E-state index contributed by atoms with van der Waals surface area (Å²) in [5, 5.41) is 0.603. The Morgan fingerprint density at radius 3 is 2.46 bits per heavy atom. The summed E-state index contributed by atoms with van der Waals surface area (Å²) in [7, 11) is -1.31. The minimum atomic E-state index is -1.31. The zero-order chi connectivity index (χ0) is 28.2. The minimum absolute atomic E-state index is 0.138. The fourth-order valence-corrected chi connectivity index (χ4v) is 8.66. The number of rotatable bonds is 3. The standard InChI is InChI=1S/C28H35F2N5O3S/c1-15-5-7-18-23(31)24(25(32)36)39(26(18)33-15)16-6-8-17-19(13-16)20(29)14-21(22(17)30)34-9-11-35(12-10-34)27(37)38-28(2,3)4/h5,7,14,16,39H,6,8-13,31H2,1-4H3,(H2,32,36)/t16-/m0/s1. The number of nitrogens with two attached hydrogens (primary N) is 2. The lowest BCUT2D eigenvalue weighted by Gasteiger charge is -2.38. The van der Waals surface area contributed by atoms with Crippen LogP contribution in [0, 0.1) is 18.6 Å². The predicted octanol–water partition coefficient (Wildman–Crippen LogP) is 3.77. The maximum Gasteiger partial charge on any atom is 0.410 e. The largest absolute Gasteiger partial charge is 0.444 e. The molecule has 2 aliphatic heterocycles. The van der Waals surface area contributed by atoms with E-state index in [-0.39, 0.29) is 17.4 Å². The van der Waals surface area contributed by atoms with Crippen LogP contribution in [-0.2, 0) is 22.4 Å². The number of benzene rings is 1. The van der Waals surface area contributed by atoms with E-state index in [0.717, 1.165) is 10.7 Å². The fraction of sp³-hybridized carbons (Fsp3) is 0.464. The number of aromatic nitrogens is 1. The number of carbonyl (C=O) groups is 2. The van der Waals surface area contributed by atoms with Gasteiger partial charge < -0.3 is 26.0 Å². The van der Waals surface area contributed by atoms with E-state index in [1.165, 1.54) is 6.07 Å². The quantitative estimate of drug-likeness (QED) is 0.494. The Kier molecular flexibility index (Phi) is 6.98. The Hall–Kier alpha value is -3.34. The number of fused-ring (bicyclic) bond motifs is 2. The maximum atomic E-state index is 15.8. The molecule has 1 saturated heterocycles. The van der Waals surface area contributed by atoms with Gasteiger partial charge in [0.25, 0.3) is 5.91 Å². The number of primary amides is 1. The lowest BCUT2D eigenvalue weighted by Crippen LogP contribution is -2.50. The number of halogens is 2. The van der Waals surface area contributed by atoms with Crippen LogP contribution < -0.4 is 16.4 Å². The van der Waals surface area contributed by atoms with Crippen LogP contribution in [0.15, 0.2) is 28.1 Å². The van der Waals surface area contributed by atoms with Crippen LogP contribution in [0.2, 0.25) is 0 Å². The third kappa shape index (κ3) is 5.04. The number of carbonyl (C=O) groups excluding carboxylic acids is 2. The summed E-state index contributed by atoms with van der Waals surface area (Å²) in [4.78, 5) is 33.3. The molecule has 1 aliphatic carbocycles. The van der Waals surface area contributed by atoms with Crippen LogP contribution in [0.5, 0.6) is 0 Å². The average molecular weight is 560 g/mol. The molecule has 2 atom stereocenters. The molecule has 5 rings (SSSR count). The van der Waals surface area contributed by atoms with Crippen LogP contribution >= 0.6 is 10.9 Å². The van der Waals surface area contributed by atoms with Crippen molar-refractivity contribution in [1.29, 1.82) is 0 Å². The number of hydrogen-bond acceptors (Lipinski definition) is 6. The van der Waals surface area contributed by atoms with E-state index < -0.39 is 40.1 Å². The lowest BCUT2D eigenvalue weighted by atomic mass is 9.89. The molecule has 1 aromatic carbocycles. The number of amides is 2. The fourth-order valence-electron chi connectivity index (χ4n) is 5.65. The highest BCUT2D eigenvalue weighted by atomic mass is 32.2. The first-order valence-electron chi connectivity index (χ1n) is 13.1. The molecular weight excluding hydrogens is 524 g/mol. The topological polar surface area (TPSA) is 115 Å². The Labute approximate surface area is 229 Å². The zero-order valence-electron chi connectivity index (χ0n) is 22.7. The molecule has 0 bridgehead atoms. The average Bonchev–Trinajstić information content (AvgIpc) is 3.16. The summed E-state index contributed by atoms with van der Waals surface area (Å²) in [6.45, 7) is 8.74. The van der Waals surface area contributed by atoms with Crippen molar-refractivity contribution in [2.75, 3.05) is 31.1 Å². The molecular formula is C28H35F2N5O3S. The summed E-state index contributed by atoms with van der Waals surface area (Å²) in [6.07, 6.45) is 0.760. The molecule has 0 saturated carbocycles. The first-order valence-corrected chi connectivity index (χ1v) is 14.6. The number of thiol groups is 1. The molecule has 2 aromatic rings. The molecule has 4 N–H and O–H groups in total. The smallest absolute Gasteiger partial charge is 0.410 e. The first kappa shape index (κ1) is 27.2. The Bertz CT molecular complexity index is 1380. The van der Waals surface area contributed by atoms with E-state index in [9.17, 15) is 9.59 Å². The molecule has 11 heteroatoms. The molecule has 1 aromatic heterocycles. The second-order valence-electron chi connectivity index (χ2n) is 11.3. The van der Waals surface area contributed by atoms with E-state index in [4.69, 9.17) is 21.2 Å². The highest BCUT2D eigenvalue weighted by molar-refractivity contribution is 8.22. The number of ether oxygens (including phenoxy) is 1. The minimum Gasteiger partial charge on any atom is -0.444 e. The van der Waals surface area contributed by atoms with Crippen LogP contribution in [0.25, 0.3) is 5.70 Å². The van der Waals surface area contributed by atoms with Crippen molar-refractivity contribution in [1.82, 2.24) is 9.88 Å². The van der Waals surface area contributed by atoms with Gasteiger partial charge in [0.15, 0.2) is 0 Å². The van der Waals surface area contributed by atoms with Crippen molar-refractivity contribution in [3.8, 4) is 0 Å². The van der Waals surface area contributed by atoms with E-state index in [1.54, 1.807) is 30.6 Å². The van der Waals surface area contributed by atoms with Gasteiger partial charge in [0.05, 0.1) is 21.3 Å². The molecule has 3 aliphatic rings. The van der Waals surface area contributed by atoms with Gasteiger partial charge in [-0.2, -0.15) is 10.9 Å². The number of nitrogens with zero attached hydrogens (tertiary/aromatic N) is 3. The van der Waals surface area contributed by atoms with Crippen molar-refractivity contribution in [3.05, 3.63) is 57.1 Å². The molecule has 8 nitrogen and oxygen atoms in total. The molecule has 210 valence electrons. The summed E-state index contributed by atoms with van der Waals surface area (Å²) in [5.41, 5.74) is 14.3. The van der Waals surface area contributed by atoms with E-state index in [1.807, 2.05) is 19.1 Å².